The molecule has 1 heterocycles. The van der Waals surface area contributed by atoms with Crippen LogP contribution in [0.1, 0.15) is 37.0 Å². The maximum atomic E-state index is 13.7. The van der Waals surface area contributed by atoms with E-state index in [4.69, 9.17) is 28.4 Å². The molecule has 4 rings (SSSR count). The SMILES string of the molecule is C=CCOC[C@@H](NC(=O)C[C@@H]1O[C@H](COCC=C)[C@@H](OCc2ccccc2)[C@H](OCc2ccccc2)[C@H]1OCc1ccccc1)C(C)C. The number of hydrogen-bond donors (Lipinski definition) is 1. The van der Waals surface area contributed by atoms with E-state index in [1.165, 1.54) is 0 Å². The molecule has 48 heavy (non-hydrogen) atoms. The highest BCUT2D eigenvalue weighted by Crippen LogP contribution is 2.32. The quantitative estimate of drug-likeness (QED) is 0.104. The highest BCUT2D eigenvalue weighted by atomic mass is 16.6. The molecule has 1 aliphatic rings. The van der Waals surface area contributed by atoms with E-state index in [-0.39, 0.29) is 30.9 Å². The molecule has 0 bridgehead atoms. The lowest BCUT2D eigenvalue weighted by molar-refractivity contribution is -0.271. The Labute approximate surface area is 286 Å². The molecule has 0 radical (unpaired) electrons. The van der Waals surface area contributed by atoms with Crippen LogP contribution in [0.15, 0.2) is 116 Å². The summed E-state index contributed by atoms with van der Waals surface area (Å²) < 4.78 is 38.4. The second kappa shape index (κ2) is 20.7. The zero-order valence-corrected chi connectivity index (χ0v) is 28.3. The molecule has 3 aromatic rings. The zero-order chi connectivity index (χ0) is 34.0. The van der Waals surface area contributed by atoms with Crippen molar-refractivity contribution in [2.24, 2.45) is 5.92 Å². The molecule has 8 nitrogen and oxygen atoms in total. The van der Waals surface area contributed by atoms with E-state index < -0.39 is 30.5 Å². The van der Waals surface area contributed by atoms with Gasteiger partial charge in [-0.25, -0.2) is 0 Å². The van der Waals surface area contributed by atoms with Crippen molar-refractivity contribution < 1.29 is 33.2 Å². The largest absolute Gasteiger partial charge is 0.375 e. The molecular formula is C40H51NO7. The first-order chi connectivity index (χ1) is 23.5. The number of hydrogen-bond acceptors (Lipinski definition) is 7. The Bertz CT molecular complexity index is 1340. The molecule has 0 spiro atoms. The van der Waals surface area contributed by atoms with Crippen LogP contribution in [0.3, 0.4) is 0 Å². The molecule has 258 valence electrons. The minimum atomic E-state index is -0.648. The average molecular weight is 658 g/mol. The van der Waals surface area contributed by atoms with E-state index in [9.17, 15) is 4.79 Å². The molecule has 0 aliphatic carbocycles. The molecule has 0 unspecified atom stereocenters. The minimum Gasteiger partial charge on any atom is -0.375 e. The van der Waals surface area contributed by atoms with Gasteiger partial charge < -0.3 is 33.7 Å². The van der Waals surface area contributed by atoms with Crippen LogP contribution in [0.5, 0.6) is 0 Å². The Morgan fingerprint density at radius 1 is 0.708 bits per heavy atom. The highest BCUT2D eigenvalue weighted by molar-refractivity contribution is 5.77. The Morgan fingerprint density at radius 3 is 1.65 bits per heavy atom. The second-order valence-corrected chi connectivity index (χ2v) is 12.3. The van der Waals surface area contributed by atoms with E-state index >= 15 is 0 Å². The second-order valence-electron chi connectivity index (χ2n) is 12.3. The van der Waals surface area contributed by atoms with Crippen LogP contribution in [-0.2, 0) is 53.0 Å². The Balaban J connectivity index is 1.64. The van der Waals surface area contributed by atoms with Gasteiger partial charge in [0, 0.05) is 0 Å². The summed E-state index contributed by atoms with van der Waals surface area (Å²) in [5.41, 5.74) is 3.03. The Kier molecular flexibility index (Phi) is 16.0. The zero-order valence-electron chi connectivity index (χ0n) is 28.3. The fourth-order valence-corrected chi connectivity index (χ4v) is 5.58. The van der Waals surface area contributed by atoms with Gasteiger partial charge in [0.1, 0.15) is 24.4 Å². The Morgan fingerprint density at radius 2 is 1.17 bits per heavy atom. The molecule has 1 saturated heterocycles. The van der Waals surface area contributed by atoms with Crippen molar-refractivity contribution >= 4 is 5.91 Å². The molecule has 8 heteroatoms. The lowest BCUT2D eigenvalue weighted by atomic mass is 9.92. The van der Waals surface area contributed by atoms with Gasteiger partial charge in [0.05, 0.1) is 64.8 Å². The third kappa shape index (κ3) is 12.1. The summed E-state index contributed by atoms with van der Waals surface area (Å²) >= 11 is 0. The lowest BCUT2D eigenvalue weighted by Crippen LogP contribution is -2.62. The number of carbonyl (C=O) groups is 1. The molecule has 1 aliphatic heterocycles. The van der Waals surface area contributed by atoms with Gasteiger partial charge in [-0.1, -0.05) is 117 Å². The number of rotatable bonds is 21. The van der Waals surface area contributed by atoms with Crippen molar-refractivity contribution in [3.05, 3.63) is 133 Å². The van der Waals surface area contributed by atoms with Crippen molar-refractivity contribution in [1.82, 2.24) is 5.32 Å². The molecule has 0 saturated carbocycles. The maximum absolute atomic E-state index is 13.7. The van der Waals surface area contributed by atoms with E-state index in [1.54, 1.807) is 12.2 Å². The maximum Gasteiger partial charge on any atom is 0.223 e. The predicted molar refractivity (Wildman–Crippen MR) is 187 cm³/mol. The molecule has 1 N–H and O–H groups in total. The van der Waals surface area contributed by atoms with Crippen LogP contribution in [-0.4, -0.2) is 68.9 Å². The summed E-state index contributed by atoms with van der Waals surface area (Å²) in [5, 5.41) is 3.16. The van der Waals surface area contributed by atoms with Crippen molar-refractivity contribution in [3.63, 3.8) is 0 Å². The fourth-order valence-electron chi connectivity index (χ4n) is 5.58. The monoisotopic (exact) mass is 657 g/mol. The molecule has 3 aromatic carbocycles. The van der Waals surface area contributed by atoms with E-state index in [0.29, 0.717) is 39.6 Å². The predicted octanol–water partition coefficient (Wildman–Crippen LogP) is 6.45. The van der Waals surface area contributed by atoms with Gasteiger partial charge in [0.25, 0.3) is 0 Å². The average Bonchev–Trinajstić information content (AvgIpc) is 3.10. The van der Waals surface area contributed by atoms with Gasteiger partial charge in [-0.15, -0.1) is 13.2 Å². The van der Waals surface area contributed by atoms with Crippen LogP contribution in [0.25, 0.3) is 0 Å². The van der Waals surface area contributed by atoms with Crippen LogP contribution < -0.4 is 5.32 Å². The minimum absolute atomic E-state index is 0.0543. The number of amides is 1. The van der Waals surface area contributed by atoms with Crippen LogP contribution >= 0.6 is 0 Å². The molecule has 0 aromatic heterocycles. The molecule has 1 amide bonds. The fraction of sp³-hybridized carbons (Fsp3) is 0.425. The van der Waals surface area contributed by atoms with E-state index in [0.717, 1.165) is 16.7 Å². The normalized spacial score (nSPS) is 21.4. The van der Waals surface area contributed by atoms with Crippen molar-refractivity contribution in [2.45, 2.75) is 76.7 Å². The van der Waals surface area contributed by atoms with Gasteiger partial charge in [-0.3, -0.25) is 4.79 Å². The summed E-state index contributed by atoms with van der Waals surface area (Å²) in [6, 6.07) is 29.7. The summed E-state index contributed by atoms with van der Waals surface area (Å²) in [4.78, 5) is 13.7. The van der Waals surface area contributed by atoms with Gasteiger partial charge >= 0.3 is 0 Å². The van der Waals surface area contributed by atoms with Gasteiger partial charge in [-0.2, -0.15) is 0 Å². The third-order valence-electron chi connectivity index (χ3n) is 8.17. The standard InChI is InChI=1S/C40H51NO7/c1-5-22-43-28-34(30(3)4)41-37(42)24-35-38(45-25-31-16-10-7-11-17-31)40(47-27-33-20-14-9-15-21-33)39(36(48-35)29-44-23-6-2)46-26-32-18-12-8-13-19-32/h5-21,30,34-36,38-40H,1-2,22-29H2,3-4H3,(H,41,42)/t34-,35+,36-,38+,39-,40-/m1/s1. The van der Waals surface area contributed by atoms with Gasteiger partial charge in [-0.05, 0) is 22.6 Å². The number of nitrogens with one attached hydrogen (secondary N) is 1. The summed E-state index contributed by atoms with van der Waals surface area (Å²) in [7, 11) is 0. The molecular weight excluding hydrogens is 606 g/mol. The van der Waals surface area contributed by atoms with Crippen LogP contribution in [0.4, 0.5) is 0 Å². The summed E-state index contributed by atoms with van der Waals surface area (Å²) in [5.74, 6) is -0.000576. The first-order valence-corrected chi connectivity index (χ1v) is 16.8. The van der Waals surface area contributed by atoms with Gasteiger partial charge in [0.2, 0.25) is 5.91 Å². The summed E-state index contributed by atoms with van der Waals surface area (Å²) in [6.45, 7) is 14.0. The van der Waals surface area contributed by atoms with Crippen molar-refractivity contribution in [1.29, 1.82) is 0 Å². The summed E-state index contributed by atoms with van der Waals surface area (Å²) in [6.07, 6.45) is 0.482. The number of ether oxygens (including phenoxy) is 6. The first kappa shape index (κ1) is 37.2. The Hall–Kier alpha value is -3.63. The van der Waals surface area contributed by atoms with E-state index in [1.807, 2.05) is 91.0 Å². The van der Waals surface area contributed by atoms with E-state index in [2.05, 4.69) is 32.3 Å². The topological polar surface area (TPSA) is 84.5 Å². The molecule has 6 atom stereocenters. The highest BCUT2D eigenvalue weighted by Gasteiger charge is 2.49. The third-order valence-corrected chi connectivity index (χ3v) is 8.17. The van der Waals surface area contributed by atoms with Crippen LogP contribution in [0, 0.1) is 5.92 Å². The number of benzene rings is 3. The number of carbonyl (C=O) groups excluding carboxylic acids is 1. The lowest BCUT2D eigenvalue weighted by Gasteiger charge is -2.46. The first-order valence-electron chi connectivity index (χ1n) is 16.8. The van der Waals surface area contributed by atoms with Gasteiger partial charge in [0.15, 0.2) is 0 Å². The van der Waals surface area contributed by atoms with Crippen molar-refractivity contribution in [3.8, 4) is 0 Å². The van der Waals surface area contributed by atoms with Crippen molar-refractivity contribution in [2.75, 3.05) is 26.4 Å². The van der Waals surface area contributed by atoms with Crippen LogP contribution in [0.2, 0.25) is 0 Å². The molecule has 1 fully saturated rings. The smallest absolute Gasteiger partial charge is 0.223 e.